The van der Waals surface area contributed by atoms with Crippen molar-refractivity contribution in [3.8, 4) is 11.5 Å². The topological polar surface area (TPSA) is 67.8 Å². The number of rotatable bonds is 4. The molecule has 0 bridgehead atoms. The fourth-order valence-corrected chi connectivity index (χ4v) is 4.33. The van der Waals surface area contributed by atoms with Crippen molar-refractivity contribution in [1.29, 1.82) is 0 Å². The first-order valence-electron chi connectivity index (χ1n) is 11.0. The van der Waals surface area contributed by atoms with Crippen LogP contribution in [0.25, 0.3) is 0 Å². The highest BCUT2D eigenvalue weighted by Gasteiger charge is 2.26. The van der Waals surface area contributed by atoms with Crippen LogP contribution < -0.4 is 14.4 Å². The van der Waals surface area contributed by atoms with Gasteiger partial charge in [0.15, 0.2) is 11.5 Å². The maximum absolute atomic E-state index is 13.3. The fourth-order valence-electron chi connectivity index (χ4n) is 4.33. The number of piperazine rings is 1. The van der Waals surface area contributed by atoms with Gasteiger partial charge in [-0.25, -0.2) is 14.4 Å². The van der Waals surface area contributed by atoms with Crippen LogP contribution in [0.1, 0.15) is 33.0 Å². The van der Waals surface area contributed by atoms with E-state index in [9.17, 15) is 9.18 Å². The minimum absolute atomic E-state index is 0.0189. The second kappa shape index (κ2) is 8.69. The summed E-state index contributed by atoms with van der Waals surface area (Å²) in [6, 6.07) is 11.8. The average Bonchev–Trinajstić information content (AvgIpc) is 3.29. The van der Waals surface area contributed by atoms with E-state index in [1.165, 1.54) is 12.1 Å². The van der Waals surface area contributed by atoms with Crippen LogP contribution in [0.4, 0.5) is 10.2 Å². The normalized spacial score (nSPS) is 15.1. The van der Waals surface area contributed by atoms with Crippen LogP contribution in [0.15, 0.2) is 42.5 Å². The molecule has 0 saturated carbocycles. The molecule has 1 amide bonds. The Kier molecular flexibility index (Phi) is 5.58. The third-order valence-corrected chi connectivity index (χ3v) is 6.08. The second-order valence-electron chi connectivity index (χ2n) is 8.31. The Morgan fingerprint density at radius 2 is 1.70 bits per heavy atom. The van der Waals surface area contributed by atoms with Crippen molar-refractivity contribution >= 4 is 11.7 Å². The van der Waals surface area contributed by atoms with E-state index >= 15 is 0 Å². The maximum atomic E-state index is 13.3. The molecule has 5 rings (SSSR count). The molecule has 0 spiro atoms. The minimum atomic E-state index is -0.251. The summed E-state index contributed by atoms with van der Waals surface area (Å²) < 4.78 is 24.1. The van der Waals surface area contributed by atoms with Gasteiger partial charge in [-0.05, 0) is 49.7 Å². The summed E-state index contributed by atoms with van der Waals surface area (Å²) in [5.41, 5.74) is 3.55. The Morgan fingerprint density at radius 3 is 2.45 bits per heavy atom. The monoisotopic (exact) mass is 448 g/mol. The van der Waals surface area contributed by atoms with Crippen molar-refractivity contribution in [2.45, 2.75) is 20.3 Å². The van der Waals surface area contributed by atoms with Gasteiger partial charge < -0.3 is 19.3 Å². The van der Waals surface area contributed by atoms with Gasteiger partial charge in [0.2, 0.25) is 6.79 Å². The van der Waals surface area contributed by atoms with Crippen LogP contribution in [-0.4, -0.2) is 53.7 Å². The molecule has 3 heterocycles. The number of fused-ring (bicyclic) bond motifs is 1. The summed E-state index contributed by atoms with van der Waals surface area (Å²) in [5, 5.41) is 0. The molecular formula is C25H25FN4O3. The van der Waals surface area contributed by atoms with Crippen LogP contribution in [0.5, 0.6) is 11.5 Å². The molecule has 2 aromatic carbocycles. The van der Waals surface area contributed by atoms with E-state index in [2.05, 4.69) is 9.88 Å². The summed E-state index contributed by atoms with van der Waals surface area (Å²) in [6.45, 7) is 6.57. The molecule has 0 radical (unpaired) electrons. The number of nitrogens with zero attached hydrogens (tertiary/aromatic N) is 4. The predicted molar refractivity (Wildman–Crippen MR) is 121 cm³/mol. The first kappa shape index (κ1) is 21.2. The Labute approximate surface area is 191 Å². The molecule has 7 nitrogen and oxygen atoms in total. The van der Waals surface area contributed by atoms with Crippen molar-refractivity contribution in [2.24, 2.45) is 0 Å². The van der Waals surface area contributed by atoms with Gasteiger partial charge in [-0.15, -0.1) is 0 Å². The maximum Gasteiger partial charge on any atom is 0.254 e. The number of aromatic nitrogens is 2. The molecule has 0 atom stereocenters. The minimum Gasteiger partial charge on any atom is -0.454 e. The van der Waals surface area contributed by atoms with Gasteiger partial charge in [-0.2, -0.15) is 0 Å². The van der Waals surface area contributed by atoms with E-state index < -0.39 is 0 Å². The molecule has 1 fully saturated rings. The van der Waals surface area contributed by atoms with E-state index in [0.717, 1.165) is 22.6 Å². The number of carbonyl (C=O) groups excluding carboxylic acids is 1. The molecule has 170 valence electrons. The van der Waals surface area contributed by atoms with Crippen molar-refractivity contribution in [3.63, 3.8) is 0 Å². The lowest BCUT2D eigenvalue weighted by molar-refractivity contribution is 0.0746. The fraction of sp³-hybridized carbons (Fsp3) is 0.320. The highest BCUT2D eigenvalue weighted by molar-refractivity contribution is 5.95. The van der Waals surface area contributed by atoms with Gasteiger partial charge in [0, 0.05) is 49.4 Å². The van der Waals surface area contributed by atoms with Gasteiger partial charge >= 0.3 is 0 Å². The average molecular weight is 448 g/mol. The van der Waals surface area contributed by atoms with Gasteiger partial charge in [0.05, 0.1) is 0 Å². The van der Waals surface area contributed by atoms with Crippen LogP contribution in [-0.2, 0) is 6.42 Å². The van der Waals surface area contributed by atoms with Gasteiger partial charge in [0.1, 0.15) is 17.5 Å². The highest BCUT2D eigenvalue weighted by atomic mass is 19.1. The van der Waals surface area contributed by atoms with Gasteiger partial charge in [0.25, 0.3) is 5.91 Å². The number of halogens is 1. The lowest BCUT2D eigenvalue weighted by atomic mass is 10.0. The molecule has 33 heavy (non-hydrogen) atoms. The SMILES string of the molecule is Cc1nc(C)c(Cc2ccc(F)cc2)c(N2CCN(C(=O)c3ccc4c(c3)OCO4)CC2)n1. The van der Waals surface area contributed by atoms with Crippen LogP contribution >= 0.6 is 0 Å². The summed E-state index contributed by atoms with van der Waals surface area (Å²) in [6.07, 6.45) is 0.623. The predicted octanol–water partition coefficient (Wildman–Crippen LogP) is 3.51. The molecular weight excluding hydrogens is 423 g/mol. The summed E-state index contributed by atoms with van der Waals surface area (Å²) in [5.74, 6) is 2.61. The van der Waals surface area contributed by atoms with E-state index in [1.807, 2.05) is 18.7 Å². The first-order chi connectivity index (χ1) is 16.0. The zero-order valence-corrected chi connectivity index (χ0v) is 18.7. The molecule has 2 aliphatic heterocycles. The van der Waals surface area contributed by atoms with Gasteiger partial charge in [-0.3, -0.25) is 4.79 Å². The van der Waals surface area contributed by atoms with E-state index in [4.69, 9.17) is 14.5 Å². The summed E-state index contributed by atoms with van der Waals surface area (Å²) in [7, 11) is 0. The smallest absolute Gasteiger partial charge is 0.254 e. The summed E-state index contributed by atoms with van der Waals surface area (Å²) >= 11 is 0. The molecule has 0 N–H and O–H groups in total. The third-order valence-electron chi connectivity index (χ3n) is 6.08. The number of carbonyl (C=O) groups is 1. The lowest BCUT2D eigenvalue weighted by Gasteiger charge is -2.36. The Hall–Kier alpha value is -3.68. The summed E-state index contributed by atoms with van der Waals surface area (Å²) in [4.78, 5) is 26.4. The Balaban J connectivity index is 1.32. The van der Waals surface area contributed by atoms with Crippen molar-refractivity contribution in [3.05, 3.63) is 76.5 Å². The quantitative estimate of drug-likeness (QED) is 0.609. The molecule has 0 unspecified atom stereocenters. The number of aryl methyl sites for hydroxylation is 2. The van der Waals surface area contributed by atoms with E-state index in [-0.39, 0.29) is 18.5 Å². The largest absolute Gasteiger partial charge is 0.454 e. The molecule has 1 aromatic heterocycles. The van der Waals surface area contributed by atoms with E-state index in [0.29, 0.717) is 55.5 Å². The second-order valence-corrected chi connectivity index (χ2v) is 8.31. The zero-order valence-electron chi connectivity index (χ0n) is 18.7. The first-order valence-corrected chi connectivity index (χ1v) is 11.0. The standard InChI is InChI=1S/C25H25FN4O3/c1-16-21(13-18-3-6-20(26)7-4-18)24(28-17(2)27-16)29-9-11-30(12-10-29)25(31)19-5-8-22-23(14-19)33-15-32-22/h3-8,14H,9-13,15H2,1-2H3. The number of hydrogen-bond acceptors (Lipinski definition) is 6. The number of hydrogen-bond donors (Lipinski definition) is 0. The van der Waals surface area contributed by atoms with Crippen LogP contribution in [0.2, 0.25) is 0 Å². The number of benzene rings is 2. The van der Waals surface area contributed by atoms with Crippen LogP contribution in [0.3, 0.4) is 0 Å². The molecule has 0 aliphatic carbocycles. The molecule has 2 aliphatic rings. The van der Waals surface area contributed by atoms with E-state index in [1.54, 1.807) is 30.3 Å². The number of amides is 1. The molecule has 1 saturated heterocycles. The van der Waals surface area contributed by atoms with Gasteiger partial charge in [-0.1, -0.05) is 12.1 Å². The number of anilines is 1. The Bertz CT molecular complexity index is 1190. The Morgan fingerprint density at radius 1 is 0.970 bits per heavy atom. The van der Waals surface area contributed by atoms with Crippen molar-refractivity contribution in [1.82, 2.24) is 14.9 Å². The molecule has 8 heteroatoms. The van der Waals surface area contributed by atoms with Crippen LogP contribution in [0, 0.1) is 19.7 Å². The van der Waals surface area contributed by atoms with Crippen molar-refractivity contribution in [2.75, 3.05) is 37.9 Å². The zero-order chi connectivity index (χ0) is 22.9. The number of ether oxygens (including phenoxy) is 2. The highest BCUT2D eigenvalue weighted by Crippen LogP contribution is 2.33. The molecule has 3 aromatic rings. The van der Waals surface area contributed by atoms with Crippen molar-refractivity contribution < 1.29 is 18.7 Å². The third kappa shape index (κ3) is 4.33. The lowest BCUT2D eigenvalue weighted by Crippen LogP contribution is -2.49.